The molecule has 0 spiro atoms. The SMILES string of the molecule is C=C/C(=C\NCc1c(C)noc1C)N1C(=O)N(CCc2cccc(F)c2)C(C)(C)C1=O. The maximum Gasteiger partial charge on any atom is 0.332 e. The van der Waals surface area contributed by atoms with Gasteiger partial charge in [-0.2, -0.15) is 0 Å². The van der Waals surface area contributed by atoms with Crippen LogP contribution in [0.3, 0.4) is 0 Å². The maximum atomic E-state index is 13.5. The third-order valence-electron chi connectivity index (χ3n) is 5.51. The van der Waals surface area contributed by atoms with Crippen molar-refractivity contribution >= 4 is 11.9 Å². The summed E-state index contributed by atoms with van der Waals surface area (Å²) >= 11 is 0. The Bertz CT molecular complexity index is 1020. The van der Waals surface area contributed by atoms with Gasteiger partial charge in [0.15, 0.2) is 0 Å². The van der Waals surface area contributed by atoms with Crippen LogP contribution in [0.25, 0.3) is 0 Å². The highest BCUT2D eigenvalue weighted by Crippen LogP contribution is 2.31. The Hall–Kier alpha value is -3.42. The van der Waals surface area contributed by atoms with E-state index in [-0.39, 0.29) is 18.3 Å². The average molecular weight is 426 g/mol. The minimum Gasteiger partial charge on any atom is -0.385 e. The maximum absolute atomic E-state index is 13.5. The van der Waals surface area contributed by atoms with E-state index in [2.05, 4.69) is 17.1 Å². The second-order valence-electron chi connectivity index (χ2n) is 7.97. The largest absolute Gasteiger partial charge is 0.385 e. The second-order valence-corrected chi connectivity index (χ2v) is 7.97. The molecule has 164 valence electrons. The molecule has 1 N–H and O–H groups in total. The molecule has 8 heteroatoms. The monoisotopic (exact) mass is 426 g/mol. The normalized spacial score (nSPS) is 16.2. The third-order valence-corrected chi connectivity index (χ3v) is 5.51. The van der Waals surface area contributed by atoms with Crippen molar-refractivity contribution in [3.05, 3.63) is 77.2 Å². The van der Waals surface area contributed by atoms with E-state index >= 15 is 0 Å². The second kappa shape index (κ2) is 8.75. The number of imide groups is 1. The summed E-state index contributed by atoms with van der Waals surface area (Å²) in [6.45, 7) is 11.6. The molecule has 7 nitrogen and oxygen atoms in total. The van der Waals surface area contributed by atoms with Crippen molar-refractivity contribution in [2.45, 2.75) is 46.2 Å². The van der Waals surface area contributed by atoms with Gasteiger partial charge in [-0.3, -0.25) is 4.79 Å². The molecule has 0 bridgehead atoms. The van der Waals surface area contributed by atoms with Crippen LogP contribution >= 0.6 is 0 Å². The third kappa shape index (κ3) is 4.38. The van der Waals surface area contributed by atoms with Crippen LogP contribution in [-0.4, -0.2) is 39.0 Å². The number of hydrogen-bond acceptors (Lipinski definition) is 5. The van der Waals surface area contributed by atoms with Crippen molar-refractivity contribution < 1.29 is 18.5 Å². The minimum atomic E-state index is -1.03. The number of benzene rings is 1. The number of carbonyl (C=O) groups is 2. The highest BCUT2D eigenvalue weighted by atomic mass is 19.1. The highest BCUT2D eigenvalue weighted by Gasteiger charge is 2.51. The number of nitrogens with one attached hydrogen (secondary N) is 1. The Morgan fingerprint density at radius 1 is 1.32 bits per heavy atom. The Labute approximate surface area is 181 Å². The van der Waals surface area contributed by atoms with Crippen LogP contribution in [0.5, 0.6) is 0 Å². The van der Waals surface area contributed by atoms with Gasteiger partial charge in [-0.1, -0.05) is 23.9 Å². The van der Waals surface area contributed by atoms with Crippen molar-refractivity contribution in [2.75, 3.05) is 6.54 Å². The number of allylic oxidation sites excluding steroid dienone is 1. The van der Waals surface area contributed by atoms with E-state index in [1.807, 2.05) is 13.8 Å². The number of nitrogens with zero attached hydrogens (tertiary/aromatic N) is 3. The van der Waals surface area contributed by atoms with E-state index in [0.29, 0.717) is 24.4 Å². The Balaban J connectivity index is 1.75. The van der Waals surface area contributed by atoms with Crippen molar-refractivity contribution in [1.29, 1.82) is 0 Å². The molecule has 3 rings (SSSR count). The lowest BCUT2D eigenvalue weighted by Crippen LogP contribution is -2.45. The van der Waals surface area contributed by atoms with Crippen molar-refractivity contribution in [3.8, 4) is 0 Å². The summed E-state index contributed by atoms with van der Waals surface area (Å²) in [5.41, 5.74) is 1.76. The zero-order valence-electron chi connectivity index (χ0n) is 18.2. The van der Waals surface area contributed by atoms with E-state index in [1.165, 1.54) is 23.1 Å². The lowest BCUT2D eigenvalue weighted by Gasteiger charge is -2.27. The molecule has 1 aliphatic heterocycles. The Morgan fingerprint density at radius 2 is 2.06 bits per heavy atom. The zero-order chi connectivity index (χ0) is 22.8. The quantitative estimate of drug-likeness (QED) is 0.513. The predicted octanol–water partition coefficient (Wildman–Crippen LogP) is 3.83. The highest BCUT2D eigenvalue weighted by molar-refractivity contribution is 6.08. The molecule has 2 aromatic rings. The molecule has 0 radical (unpaired) electrons. The fraction of sp³-hybridized carbons (Fsp3) is 0.348. The molecular weight excluding hydrogens is 399 g/mol. The van der Waals surface area contributed by atoms with Gasteiger partial charge in [0.05, 0.1) is 11.4 Å². The molecule has 0 saturated carbocycles. The molecule has 3 amide bonds. The van der Waals surface area contributed by atoms with Crippen LogP contribution < -0.4 is 5.32 Å². The first-order valence-electron chi connectivity index (χ1n) is 10.0. The minimum absolute atomic E-state index is 0.286. The van der Waals surface area contributed by atoms with E-state index in [0.717, 1.165) is 21.7 Å². The van der Waals surface area contributed by atoms with Gasteiger partial charge in [0, 0.05) is 24.9 Å². The number of halogens is 1. The first-order chi connectivity index (χ1) is 14.7. The summed E-state index contributed by atoms with van der Waals surface area (Å²) < 4.78 is 18.6. The molecule has 1 aliphatic rings. The number of hydrogen-bond donors (Lipinski definition) is 1. The lowest BCUT2D eigenvalue weighted by molar-refractivity contribution is -0.130. The van der Waals surface area contributed by atoms with Gasteiger partial charge in [0.1, 0.15) is 17.1 Å². The van der Waals surface area contributed by atoms with Gasteiger partial charge in [-0.05, 0) is 57.9 Å². The van der Waals surface area contributed by atoms with Gasteiger partial charge in [0.25, 0.3) is 5.91 Å². The van der Waals surface area contributed by atoms with E-state index in [9.17, 15) is 14.0 Å². The van der Waals surface area contributed by atoms with E-state index in [4.69, 9.17) is 4.52 Å². The lowest BCUT2D eigenvalue weighted by atomic mass is 10.0. The Kier molecular flexibility index (Phi) is 6.29. The number of aryl methyl sites for hydroxylation is 2. The van der Waals surface area contributed by atoms with Crippen LogP contribution in [0, 0.1) is 19.7 Å². The molecule has 1 aromatic heterocycles. The van der Waals surface area contributed by atoms with Crippen LogP contribution in [0.2, 0.25) is 0 Å². The predicted molar refractivity (Wildman–Crippen MR) is 114 cm³/mol. The fourth-order valence-corrected chi connectivity index (χ4v) is 3.60. The molecule has 1 saturated heterocycles. The van der Waals surface area contributed by atoms with E-state index in [1.54, 1.807) is 32.2 Å². The summed E-state index contributed by atoms with van der Waals surface area (Å²) in [6, 6.07) is 5.79. The molecule has 1 fully saturated rings. The van der Waals surface area contributed by atoms with Crippen LogP contribution in [0.15, 0.2) is 53.3 Å². The average Bonchev–Trinajstić information content (AvgIpc) is 3.12. The molecular formula is C23H27FN4O3. The number of amides is 3. The summed E-state index contributed by atoms with van der Waals surface area (Å²) in [6.07, 6.45) is 3.48. The van der Waals surface area contributed by atoms with Crippen molar-refractivity contribution in [2.24, 2.45) is 0 Å². The van der Waals surface area contributed by atoms with Gasteiger partial charge in [-0.25, -0.2) is 14.1 Å². The summed E-state index contributed by atoms with van der Waals surface area (Å²) in [5, 5.41) is 7.02. The first-order valence-corrected chi connectivity index (χ1v) is 10.0. The first kappa shape index (κ1) is 22.3. The van der Waals surface area contributed by atoms with Crippen LogP contribution in [0.1, 0.15) is 36.4 Å². The molecule has 0 atom stereocenters. The fourth-order valence-electron chi connectivity index (χ4n) is 3.60. The number of aromatic nitrogens is 1. The topological polar surface area (TPSA) is 78.7 Å². The summed E-state index contributed by atoms with van der Waals surface area (Å²) in [7, 11) is 0. The Morgan fingerprint density at radius 3 is 2.68 bits per heavy atom. The molecule has 2 heterocycles. The van der Waals surface area contributed by atoms with Gasteiger partial charge in [-0.15, -0.1) is 0 Å². The van der Waals surface area contributed by atoms with E-state index < -0.39 is 11.6 Å². The number of carbonyl (C=O) groups excluding carboxylic acids is 2. The molecule has 0 aliphatic carbocycles. The summed E-state index contributed by atoms with van der Waals surface area (Å²) in [4.78, 5) is 28.8. The van der Waals surface area contributed by atoms with Gasteiger partial charge in [0.2, 0.25) is 0 Å². The zero-order valence-corrected chi connectivity index (χ0v) is 18.2. The van der Waals surface area contributed by atoms with Crippen molar-refractivity contribution in [3.63, 3.8) is 0 Å². The van der Waals surface area contributed by atoms with Crippen LogP contribution in [-0.2, 0) is 17.8 Å². The number of rotatable bonds is 8. The van der Waals surface area contributed by atoms with Gasteiger partial charge >= 0.3 is 6.03 Å². The number of urea groups is 1. The standard InChI is InChI=1S/C23H27FN4O3/c1-6-19(13-25-14-20-15(2)26-31-16(20)3)28-21(29)23(4,5)27(22(28)30)11-10-17-8-7-9-18(24)12-17/h6-9,12-13,25H,1,10-11,14H2,2-5H3/b19-13+. The molecule has 0 unspecified atom stereocenters. The summed E-state index contributed by atoms with van der Waals surface area (Å²) in [5.74, 6) is 0.0297. The molecule has 1 aromatic carbocycles. The smallest absolute Gasteiger partial charge is 0.332 e. The van der Waals surface area contributed by atoms with Crippen LogP contribution in [0.4, 0.5) is 9.18 Å². The molecule has 31 heavy (non-hydrogen) atoms. The van der Waals surface area contributed by atoms with Crippen molar-refractivity contribution in [1.82, 2.24) is 20.3 Å². The van der Waals surface area contributed by atoms with Gasteiger partial charge < -0.3 is 14.7 Å².